The van der Waals surface area contributed by atoms with Crippen LogP contribution in [0.2, 0.25) is 0 Å². The van der Waals surface area contributed by atoms with E-state index < -0.39 is 0 Å². The molecule has 0 bridgehead atoms. The molecule has 1 rings (SSSR count). The Morgan fingerprint density at radius 1 is 1.06 bits per heavy atom. The molecule has 0 amide bonds. The summed E-state index contributed by atoms with van der Waals surface area (Å²) >= 11 is 0. The SMILES string of the molecule is CCCCCCc1c[n+](CCCC)c[nH]1.[Br-]. The van der Waals surface area contributed by atoms with Gasteiger partial charge in [0.25, 0.3) is 0 Å². The average molecular weight is 289 g/mol. The third-order valence-electron chi connectivity index (χ3n) is 2.81. The number of aromatic amines is 1. The van der Waals surface area contributed by atoms with Gasteiger partial charge in [-0.2, -0.15) is 0 Å². The van der Waals surface area contributed by atoms with Crippen molar-refractivity contribution in [2.24, 2.45) is 0 Å². The molecular weight excluding hydrogens is 264 g/mol. The smallest absolute Gasteiger partial charge is 0.241 e. The van der Waals surface area contributed by atoms with Gasteiger partial charge in [0.2, 0.25) is 6.33 Å². The summed E-state index contributed by atoms with van der Waals surface area (Å²) in [5.41, 5.74) is 1.39. The van der Waals surface area contributed by atoms with Crippen molar-refractivity contribution < 1.29 is 21.5 Å². The number of hydrogen-bond donors (Lipinski definition) is 1. The zero-order chi connectivity index (χ0) is 10.9. The van der Waals surface area contributed by atoms with Crippen LogP contribution >= 0.6 is 0 Å². The molecular formula is C13H25BrN2. The topological polar surface area (TPSA) is 19.7 Å². The number of nitrogens with one attached hydrogen (secondary N) is 1. The van der Waals surface area contributed by atoms with E-state index in [-0.39, 0.29) is 17.0 Å². The van der Waals surface area contributed by atoms with Gasteiger partial charge in [-0.15, -0.1) is 0 Å². The van der Waals surface area contributed by atoms with E-state index in [1.54, 1.807) is 0 Å². The van der Waals surface area contributed by atoms with E-state index >= 15 is 0 Å². The summed E-state index contributed by atoms with van der Waals surface area (Å²) < 4.78 is 2.28. The Bertz CT molecular complexity index is 258. The van der Waals surface area contributed by atoms with Gasteiger partial charge in [-0.3, -0.25) is 0 Å². The minimum atomic E-state index is 0. The molecule has 2 nitrogen and oxygen atoms in total. The van der Waals surface area contributed by atoms with E-state index in [1.807, 2.05) is 0 Å². The molecule has 94 valence electrons. The average Bonchev–Trinajstić information content (AvgIpc) is 2.69. The first-order chi connectivity index (χ1) is 7.36. The zero-order valence-electron chi connectivity index (χ0n) is 10.6. The first-order valence-corrected chi connectivity index (χ1v) is 6.43. The third-order valence-corrected chi connectivity index (χ3v) is 2.81. The van der Waals surface area contributed by atoms with E-state index in [9.17, 15) is 0 Å². The van der Waals surface area contributed by atoms with Crippen LogP contribution in [0.4, 0.5) is 0 Å². The highest BCUT2D eigenvalue weighted by atomic mass is 79.9. The summed E-state index contributed by atoms with van der Waals surface area (Å²) in [5, 5.41) is 0. The summed E-state index contributed by atoms with van der Waals surface area (Å²) in [4.78, 5) is 3.35. The van der Waals surface area contributed by atoms with Gasteiger partial charge in [0.15, 0.2) is 0 Å². The van der Waals surface area contributed by atoms with Crippen LogP contribution < -0.4 is 21.5 Å². The fourth-order valence-corrected chi connectivity index (χ4v) is 1.79. The van der Waals surface area contributed by atoms with Crippen LogP contribution in [0.25, 0.3) is 0 Å². The predicted octanol–water partition coefficient (Wildman–Crippen LogP) is 0.229. The number of unbranched alkanes of at least 4 members (excludes halogenated alkanes) is 4. The van der Waals surface area contributed by atoms with Gasteiger partial charge in [-0.05, 0) is 12.8 Å². The molecule has 0 saturated carbocycles. The molecule has 0 aromatic carbocycles. The van der Waals surface area contributed by atoms with Gasteiger partial charge < -0.3 is 17.0 Å². The second kappa shape index (κ2) is 9.88. The van der Waals surface area contributed by atoms with E-state index in [0.29, 0.717) is 0 Å². The largest absolute Gasteiger partial charge is 1.00 e. The lowest BCUT2D eigenvalue weighted by atomic mass is 10.1. The number of aryl methyl sites for hydroxylation is 2. The van der Waals surface area contributed by atoms with Crippen LogP contribution in [-0.4, -0.2) is 4.98 Å². The Morgan fingerprint density at radius 2 is 1.81 bits per heavy atom. The summed E-state index contributed by atoms with van der Waals surface area (Å²) in [5.74, 6) is 0. The van der Waals surface area contributed by atoms with E-state index in [2.05, 4.69) is 35.9 Å². The minimum Gasteiger partial charge on any atom is -1.00 e. The quantitative estimate of drug-likeness (QED) is 0.522. The van der Waals surface area contributed by atoms with Gasteiger partial charge in [0, 0.05) is 6.42 Å². The molecule has 3 heteroatoms. The number of rotatable bonds is 8. The normalized spacial score (nSPS) is 10.1. The van der Waals surface area contributed by atoms with Crippen molar-refractivity contribution >= 4 is 0 Å². The molecule has 0 saturated heterocycles. The lowest BCUT2D eigenvalue weighted by Crippen LogP contribution is -3.00. The molecule has 16 heavy (non-hydrogen) atoms. The highest BCUT2D eigenvalue weighted by Gasteiger charge is 2.04. The number of nitrogens with zero attached hydrogens (tertiary/aromatic N) is 1. The Hall–Kier alpha value is -0.310. The standard InChI is InChI=1S/C13H24N2.BrH/c1-3-5-7-8-9-13-11-15(12-14-13)10-6-4-2;/h11-12H,3-10H2,1-2H3;1H. The molecule has 0 spiro atoms. The van der Waals surface area contributed by atoms with Gasteiger partial charge >= 0.3 is 0 Å². The Kier molecular flexibility index (Phi) is 9.69. The van der Waals surface area contributed by atoms with E-state index in [4.69, 9.17) is 0 Å². The van der Waals surface area contributed by atoms with Crippen molar-refractivity contribution in [3.63, 3.8) is 0 Å². The van der Waals surface area contributed by atoms with Crippen LogP contribution in [0.1, 0.15) is 58.1 Å². The summed E-state index contributed by atoms with van der Waals surface area (Å²) in [6.07, 6.45) is 13.5. The molecule has 0 aliphatic rings. The van der Waals surface area contributed by atoms with Crippen LogP contribution in [-0.2, 0) is 13.0 Å². The maximum absolute atomic E-state index is 3.35. The van der Waals surface area contributed by atoms with Crippen molar-refractivity contribution in [2.75, 3.05) is 0 Å². The number of aromatic nitrogens is 2. The highest BCUT2D eigenvalue weighted by Crippen LogP contribution is 2.04. The molecule has 0 aliphatic heterocycles. The van der Waals surface area contributed by atoms with Crippen LogP contribution in [0.3, 0.4) is 0 Å². The minimum absolute atomic E-state index is 0. The van der Waals surface area contributed by atoms with Crippen LogP contribution in [0, 0.1) is 0 Å². The molecule has 0 radical (unpaired) electrons. The highest BCUT2D eigenvalue weighted by molar-refractivity contribution is 4.89. The maximum atomic E-state index is 3.35. The van der Waals surface area contributed by atoms with Crippen LogP contribution in [0.5, 0.6) is 0 Å². The Morgan fingerprint density at radius 3 is 2.50 bits per heavy atom. The summed E-state index contributed by atoms with van der Waals surface area (Å²) in [6.45, 7) is 5.65. The molecule has 1 aromatic heterocycles. The molecule has 1 N–H and O–H groups in total. The lowest BCUT2D eigenvalue weighted by Gasteiger charge is -1.94. The molecule has 0 unspecified atom stereocenters. The number of imidazole rings is 1. The van der Waals surface area contributed by atoms with Crippen molar-refractivity contribution in [3.8, 4) is 0 Å². The van der Waals surface area contributed by atoms with Crippen LogP contribution in [0.15, 0.2) is 12.5 Å². The van der Waals surface area contributed by atoms with Crippen molar-refractivity contribution in [2.45, 2.75) is 65.3 Å². The fourth-order valence-electron chi connectivity index (χ4n) is 1.79. The number of halogens is 1. The monoisotopic (exact) mass is 288 g/mol. The van der Waals surface area contributed by atoms with Crippen molar-refractivity contribution in [1.29, 1.82) is 0 Å². The van der Waals surface area contributed by atoms with E-state index in [0.717, 1.165) is 6.54 Å². The lowest BCUT2D eigenvalue weighted by molar-refractivity contribution is -0.696. The fraction of sp³-hybridized carbons (Fsp3) is 0.769. The first-order valence-electron chi connectivity index (χ1n) is 6.43. The summed E-state index contributed by atoms with van der Waals surface area (Å²) in [6, 6.07) is 0. The van der Waals surface area contributed by atoms with Gasteiger partial charge in [0.1, 0.15) is 11.9 Å². The predicted molar refractivity (Wildman–Crippen MR) is 63.7 cm³/mol. The number of H-pyrrole nitrogens is 1. The van der Waals surface area contributed by atoms with Gasteiger partial charge in [0.05, 0.1) is 6.54 Å². The Labute approximate surface area is 110 Å². The molecule has 0 atom stereocenters. The molecule has 1 heterocycles. The van der Waals surface area contributed by atoms with E-state index in [1.165, 1.54) is 50.6 Å². The first kappa shape index (κ1) is 15.7. The zero-order valence-corrected chi connectivity index (χ0v) is 12.2. The second-order valence-corrected chi connectivity index (χ2v) is 4.33. The van der Waals surface area contributed by atoms with Gasteiger partial charge in [-0.1, -0.05) is 39.5 Å². The third kappa shape index (κ3) is 6.31. The second-order valence-electron chi connectivity index (χ2n) is 4.33. The summed E-state index contributed by atoms with van der Waals surface area (Å²) in [7, 11) is 0. The molecule has 0 fully saturated rings. The molecule has 0 aliphatic carbocycles. The van der Waals surface area contributed by atoms with Crippen molar-refractivity contribution in [1.82, 2.24) is 4.98 Å². The Balaban J connectivity index is 0.00000225. The van der Waals surface area contributed by atoms with Crippen molar-refractivity contribution in [3.05, 3.63) is 18.2 Å². The molecule has 1 aromatic rings. The van der Waals surface area contributed by atoms with Gasteiger partial charge in [-0.25, -0.2) is 9.55 Å². The number of hydrogen-bond acceptors (Lipinski definition) is 0. The maximum Gasteiger partial charge on any atom is 0.241 e.